The lowest BCUT2D eigenvalue weighted by atomic mass is 10.2. The third kappa shape index (κ3) is 3.49. The first kappa shape index (κ1) is 17.9. The standard InChI is InChI=1S/C22H24N6/c1-15(24-2)26-20-5-3-4-19(20)22(23)27-17-6-7-21-16(14-17)10-13-28(21)18-8-11-25-12-9-18/h6-14,24,26H,1,3-5H2,2H3,(H2,23,27). The minimum atomic E-state index is 0.566. The molecule has 0 saturated carbocycles. The molecule has 0 spiro atoms. The largest absolute Gasteiger partial charge is 0.383 e. The molecule has 2 aromatic heterocycles. The molecular formula is C22H24N6. The molecule has 3 aromatic rings. The average Bonchev–Trinajstić information content (AvgIpc) is 3.35. The molecule has 4 rings (SSSR count). The van der Waals surface area contributed by atoms with E-state index in [2.05, 4.69) is 56.2 Å². The van der Waals surface area contributed by atoms with E-state index in [4.69, 9.17) is 5.73 Å². The molecule has 6 nitrogen and oxygen atoms in total. The summed E-state index contributed by atoms with van der Waals surface area (Å²) in [6.07, 6.45) is 8.60. The molecule has 28 heavy (non-hydrogen) atoms. The van der Waals surface area contributed by atoms with Gasteiger partial charge in [-0.1, -0.05) is 6.58 Å². The number of hydrogen-bond acceptors (Lipinski definition) is 4. The second kappa shape index (κ2) is 7.60. The van der Waals surface area contributed by atoms with Crippen molar-refractivity contribution in [3.8, 4) is 5.69 Å². The van der Waals surface area contributed by atoms with Crippen LogP contribution in [0, 0.1) is 0 Å². The maximum Gasteiger partial charge on any atom is 0.128 e. The number of aromatic nitrogens is 2. The van der Waals surface area contributed by atoms with Crippen LogP contribution in [-0.4, -0.2) is 22.4 Å². The summed E-state index contributed by atoms with van der Waals surface area (Å²) in [6, 6.07) is 12.2. The van der Waals surface area contributed by atoms with Crippen LogP contribution in [-0.2, 0) is 0 Å². The van der Waals surface area contributed by atoms with E-state index in [0.29, 0.717) is 5.84 Å². The van der Waals surface area contributed by atoms with Gasteiger partial charge in [-0.25, -0.2) is 4.99 Å². The van der Waals surface area contributed by atoms with E-state index in [-0.39, 0.29) is 0 Å². The smallest absolute Gasteiger partial charge is 0.128 e. The van der Waals surface area contributed by atoms with Gasteiger partial charge in [0.1, 0.15) is 5.84 Å². The SMILES string of the molecule is C=C(NC)NC1=C(C(N)=Nc2ccc3c(ccn3-c3ccncc3)c2)CCC1. The van der Waals surface area contributed by atoms with E-state index in [9.17, 15) is 0 Å². The minimum Gasteiger partial charge on any atom is -0.383 e. The van der Waals surface area contributed by atoms with Crippen LogP contribution in [0.5, 0.6) is 0 Å². The number of benzene rings is 1. The lowest BCUT2D eigenvalue weighted by Crippen LogP contribution is -2.24. The second-order valence-electron chi connectivity index (χ2n) is 6.80. The molecular weight excluding hydrogens is 348 g/mol. The van der Waals surface area contributed by atoms with Crippen molar-refractivity contribution in [1.82, 2.24) is 20.2 Å². The van der Waals surface area contributed by atoms with Gasteiger partial charge < -0.3 is 20.9 Å². The topological polar surface area (TPSA) is 80.3 Å². The molecule has 2 heterocycles. The van der Waals surface area contributed by atoms with Crippen LogP contribution in [0.1, 0.15) is 19.3 Å². The normalized spacial score (nSPS) is 14.5. The van der Waals surface area contributed by atoms with Gasteiger partial charge in [-0.05, 0) is 55.7 Å². The van der Waals surface area contributed by atoms with Gasteiger partial charge in [0.05, 0.1) is 17.0 Å². The molecule has 0 radical (unpaired) electrons. The third-order valence-corrected chi connectivity index (χ3v) is 4.99. The molecule has 0 bridgehead atoms. The van der Waals surface area contributed by atoms with Crippen molar-refractivity contribution in [1.29, 1.82) is 0 Å². The number of pyridine rings is 1. The Labute approximate surface area is 164 Å². The fourth-order valence-corrected chi connectivity index (χ4v) is 3.54. The number of amidine groups is 1. The number of fused-ring (bicyclic) bond motifs is 1. The Kier molecular flexibility index (Phi) is 4.85. The fourth-order valence-electron chi connectivity index (χ4n) is 3.54. The Bertz CT molecular complexity index is 1070. The first-order chi connectivity index (χ1) is 13.7. The summed E-state index contributed by atoms with van der Waals surface area (Å²) >= 11 is 0. The Balaban J connectivity index is 1.64. The van der Waals surface area contributed by atoms with Gasteiger partial charge in [0.15, 0.2) is 0 Å². The maximum atomic E-state index is 6.35. The maximum absolute atomic E-state index is 6.35. The summed E-state index contributed by atoms with van der Waals surface area (Å²) in [6.45, 7) is 3.93. The summed E-state index contributed by atoms with van der Waals surface area (Å²) < 4.78 is 2.14. The Morgan fingerprint density at radius 2 is 2.00 bits per heavy atom. The Morgan fingerprint density at radius 1 is 1.18 bits per heavy atom. The van der Waals surface area contributed by atoms with Gasteiger partial charge in [-0.2, -0.15) is 0 Å². The predicted octanol–water partition coefficient (Wildman–Crippen LogP) is 3.73. The second-order valence-corrected chi connectivity index (χ2v) is 6.80. The number of nitrogens with one attached hydrogen (secondary N) is 2. The molecule has 0 atom stereocenters. The number of aliphatic imine (C=N–C) groups is 1. The molecule has 4 N–H and O–H groups in total. The molecule has 6 heteroatoms. The van der Waals surface area contributed by atoms with Gasteiger partial charge in [-0.3, -0.25) is 4.98 Å². The highest BCUT2D eigenvalue weighted by molar-refractivity contribution is 6.00. The highest BCUT2D eigenvalue weighted by Crippen LogP contribution is 2.28. The molecule has 142 valence electrons. The Hall–Kier alpha value is -3.54. The lowest BCUT2D eigenvalue weighted by molar-refractivity contribution is 0.792. The van der Waals surface area contributed by atoms with E-state index in [1.165, 1.54) is 0 Å². The molecule has 1 aliphatic rings. The van der Waals surface area contributed by atoms with E-state index in [0.717, 1.165) is 58.6 Å². The van der Waals surface area contributed by atoms with E-state index < -0.39 is 0 Å². The van der Waals surface area contributed by atoms with Crippen LogP contribution in [0.4, 0.5) is 5.69 Å². The van der Waals surface area contributed by atoms with Gasteiger partial charge in [0, 0.05) is 48.0 Å². The van der Waals surface area contributed by atoms with Crippen LogP contribution in [0.3, 0.4) is 0 Å². The van der Waals surface area contributed by atoms with Crippen molar-refractivity contribution in [3.05, 3.63) is 78.7 Å². The summed E-state index contributed by atoms with van der Waals surface area (Å²) in [5.74, 6) is 1.33. The van der Waals surface area contributed by atoms with E-state index >= 15 is 0 Å². The van der Waals surface area contributed by atoms with Crippen molar-refractivity contribution in [2.75, 3.05) is 7.05 Å². The number of nitrogens with two attached hydrogens (primary N) is 1. The molecule has 1 aliphatic carbocycles. The minimum absolute atomic E-state index is 0.566. The highest BCUT2D eigenvalue weighted by Gasteiger charge is 2.18. The van der Waals surface area contributed by atoms with Crippen LogP contribution in [0.25, 0.3) is 16.6 Å². The van der Waals surface area contributed by atoms with Crippen LogP contribution in [0.15, 0.2) is 83.7 Å². The first-order valence-corrected chi connectivity index (χ1v) is 9.37. The molecule has 0 fully saturated rings. The summed E-state index contributed by atoms with van der Waals surface area (Å²) in [5.41, 5.74) is 11.6. The fraction of sp³-hybridized carbons (Fsp3) is 0.182. The van der Waals surface area contributed by atoms with Crippen molar-refractivity contribution in [2.24, 2.45) is 10.7 Å². The Morgan fingerprint density at radius 3 is 2.79 bits per heavy atom. The zero-order valence-electron chi connectivity index (χ0n) is 15.9. The van der Waals surface area contributed by atoms with Crippen LogP contribution in [0.2, 0.25) is 0 Å². The molecule has 0 saturated heterocycles. The predicted molar refractivity (Wildman–Crippen MR) is 115 cm³/mol. The zero-order valence-corrected chi connectivity index (χ0v) is 15.9. The summed E-state index contributed by atoms with van der Waals surface area (Å²) in [5, 5.41) is 7.43. The van der Waals surface area contributed by atoms with Gasteiger partial charge in [0.2, 0.25) is 0 Å². The molecule has 1 aromatic carbocycles. The quantitative estimate of drug-likeness (QED) is 0.455. The number of rotatable bonds is 6. The van der Waals surface area contributed by atoms with Crippen molar-refractivity contribution < 1.29 is 0 Å². The molecule has 0 unspecified atom stereocenters. The number of allylic oxidation sites excluding steroid dienone is 1. The summed E-state index contributed by atoms with van der Waals surface area (Å²) in [7, 11) is 1.84. The highest BCUT2D eigenvalue weighted by atomic mass is 15.1. The lowest BCUT2D eigenvalue weighted by Gasteiger charge is -2.12. The number of nitrogens with zero attached hydrogens (tertiary/aromatic N) is 3. The third-order valence-electron chi connectivity index (χ3n) is 4.99. The van der Waals surface area contributed by atoms with Crippen LogP contribution >= 0.6 is 0 Å². The van der Waals surface area contributed by atoms with Crippen LogP contribution < -0.4 is 16.4 Å². The first-order valence-electron chi connectivity index (χ1n) is 9.37. The molecule has 0 aliphatic heterocycles. The van der Waals surface area contributed by atoms with Crippen molar-refractivity contribution in [2.45, 2.75) is 19.3 Å². The van der Waals surface area contributed by atoms with E-state index in [1.807, 2.05) is 25.2 Å². The van der Waals surface area contributed by atoms with Crippen molar-refractivity contribution >= 4 is 22.4 Å². The molecule has 0 amide bonds. The van der Waals surface area contributed by atoms with Gasteiger partial charge in [-0.15, -0.1) is 0 Å². The van der Waals surface area contributed by atoms with Gasteiger partial charge in [0.25, 0.3) is 0 Å². The summed E-state index contributed by atoms with van der Waals surface area (Å²) in [4.78, 5) is 8.77. The average molecular weight is 372 g/mol. The number of hydrogen-bond donors (Lipinski definition) is 3. The zero-order chi connectivity index (χ0) is 19.5. The monoisotopic (exact) mass is 372 g/mol. The van der Waals surface area contributed by atoms with E-state index in [1.54, 1.807) is 12.4 Å². The van der Waals surface area contributed by atoms with Gasteiger partial charge >= 0.3 is 0 Å². The van der Waals surface area contributed by atoms with Crippen molar-refractivity contribution in [3.63, 3.8) is 0 Å².